The summed E-state index contributed by atoms with van der Waals surface area (Å²) in [6, 6.07) is 17.6. The molecule has 0 aromatic heterocycles. The van der Waals surface area contributed by atoms with Crippen molar-refractivity contribution in [1.82, 2.24) is 4.90 Å². The van der Waals surface area contributed by atoms with Gasteiger partial charge in [-0.3, -0.25) is 9.69 Å². The summed E-state index contributed by atoms with van der Waals surface area (Å²) in [7, 11) is 0. The maximum absolute atomic E-state index is 13.0. The van der Waals surface area contributed by atoms with E-state index < -0.39 is 0 Å². The molecule has 3 atom stereocenters. The lowest BCUT2D eigenvalue weighted by Crippen LogP contribution is -2.54. The molecule has 0 bridgehead atoms. The fraction of sp³-hybridized carbons (Fsp3) is 0.480. The van der Waals surface area contributed by atoms with Crippen molar-refractivity contribution in [2.24, 2.45) is 5.92 Å². The molecular formula is C25H33Cl2FN2O. The number of nitrogens with one attached hydrogen (secondary N) is 1. The van der Waals surface area contributed by atoms with Gasteiger partial charge in [0.2, 0.25) is 0 Å². The molecule has 2 aliphatic rings. The molecule has 170 valence electrons. The second kappa shape index (κ2) is 12.4. The van der Waals surface area contributed by atoms with E-state index in [4.69, 9.17) is 0 Å². The van der Waals surface area contributed by atoms with Gasteiger partial charge in [0.05, 0.1) is 0 Å². The molecule has 31 heavy (non-hydrogen) atoms. The van der Waals surface area contributed by atoms with E-state index in [0.717, 1.165) is 25.9 Å². The summed E-state index contributed by atoms with van der Waals surface area (Å²) in [5, 5.41) is 3.79. The van der Waals surface area contributed by atoms with Crippen molar-refractivity contribution in [3.63, 3.8) is 0 Å². The van der Waals surface area contributed by atoms with Gasteiger partial charge in [-0.05, 0) is 74.5 Å². The van der Waals surface area contributed by atoms with E-state index in [1.54, 1.807) is 12.1 Å². The number of rotatable bonds is 7. The predicted molar refractivity (Wildman–Crippen MR) is 130 cm³/mol. The largest absolute Gasteiger partial charge is 0.382 e. The quantitative estimate of drug-likeness (QED) is 0.480. The molecular weight excluding hydrogens is 434 g/mol. The predicted octanol–water partition coefficient (Wildman–Crippen LogP) is 6.38. The standard InChI is InChI=1S/C25H31FN2O.2ClH/c26-20-14-12-19(13-15-20)25(29)11-6-17-28-18-16-23(22-9-4-5-10-24(22)28)27-21-7-2-1-3-8-21;;/h1-3,7-8,12-15,22-24,27H,4-6,9-11,16-18H2;2*1H/t22-,23-,24?;;/m0../s1. The summed E-state index contributed by atoms with van der Waals surface area (Å²) >= 11 is 0. The Labute approximate surface area is 197 Å². The molecule has 4 rings (SSSR count). The molecule has 1 saturated carbocycles. The number of carbonyl (C=O) groups excluding carboxylic acids is 1. The molecule has 1 unspecified atom stereocenters. The van der Waals surface area contributed by atoms with Crippen LogP contribution in [-0.4, -0.2) is 35.9 Å². The number of hydrogen-bond acceptors (Lipinski definition) is 3. The van der Waals surface area contributed by atoms with Gasteiger partial charge in [0.25, 0.3) is 0 Å². The van der Waals surface area contributed by atoms with E-state index in [0.29, 0.717) is 30.0 Å². The monoisotopic (exact) mass is 466 g/mol. The lowest BCUT2D eigenvalue weighted by atomic mass is 9.75. The van der Waals surface area contributed by atoms with Crippen LogP contribution in [0, 0.1) is 11.7 Å². The number of hydrogen-bond donors (Lipinski definition) is 1. The number of benzene rings is 2. The van der Waals surface area contributed by atoms with Gasteiger partial charge in [-0.2, -0.15) is 0 Å². The molecule has 2 aromatic rings. The smallest absolute Gasteiger partial charge is 0.162 e. The van der Waals surface area contributed by atoms with Crippen molar-refractivity contribution in [2.75, 3.05) is 18.4 Å². The van der Waals surface area contributed by atoms with Gasteiger partial charge in [0.15, 0.2) is 5.78 Å². The first-order valence-corrected chi connectivity index (χ1v) is 11.0. The van der Waals surface area contributed by atoms with Crippen LogP contribution in [-0.2, 0) is 0 Å². The molecule has 1 aliphatic carbocycles. The summed E-state index contributed by atoms with van der Waals surface area (Å²) in [5.74, 6) is 0.508. The third kappa shape index (κ3) is 6.68. The molecule has 3 nitrogen and oxygen atoms in total. The van der Waals surface area contributed by atoms with Crippen LogP contribution < -0.4 is 5.32 Å². The Morgan fingerprint density at radius 3 is 2.42 bits per heavy atom. The van der Waals surface area contributed by atoms with E-state index in [1.165, 1.54) is 43.5 Å². The molecule has 0 amide bonds. The van der Waals surface area contributed by atoms with Crippen LogP contribution in [0.4, 0.5) is 10.1 Å². The molecule has 1 N–H and O–H groups in total. The molecule has 6 heteroatoms. The van der Waals surface area contributed by atoms with Gasteiger partial charge < -0.3 is 5.32 Å². The Bertz CT molecular complexity index is 803. The van der Waals surface area contributed by atoms with E-state index in [9.17, 15) is 9.18 Å². The molecule has 1 saturated heterocycles. The summed E-state index contributed by atoms with van der Waals surface area (Å²) in [4.78, 5) is 15.0. The van der Waals surface area contributed by atoms with Crippen molar-refractivity contribution in [1.29, 1.82) is 0 Å². The number of Topliss-reactive ketones (excluding diaryl/α,β-unsaturated/α-hetero) is 1. The van der Waals surface area contributed by atoms with Gasteiger partial charge in [0.1, 0.15) is 5.82 Å². The van der Waals surface area contributed by atoms with Crippen molar-refractivity contribution >= 4 is 36.3 Å². The maximum Gasteiger partial charge on any atom is 0.162 e. The van der Waals surface area contributed by atoms with Gasteiger partial charge in [0, 0.05) is 36.3 Å². The fourth-order valence-electron chi connectivity index (χ4n) is 5.18. The molecule has 0 spiro atoms. The van der Waals surface area contributed by atoms with Crippen LogP contribution >= 0.6 is 24.8 Å². The van der Waals surface area contributed by atoms with Crippen molar-refractivity contribution in [2.45, 2.75) is 57.0 Å². The molecule has 1 aliphatic heterocycles. The first-order chi connectivity index (χ1) is 14.2. The summed E-state index contributed by atoms with van der Waals surface area (Å²) in [6.45, 7) is 2.07. The topological polar surface area (TPSA) is 32.3 Å². The Morgan fingerprint density at radius 2 is 1.68 bits per heavy atom. The first-order valence-electron chi connectivity index (χ1n) is 11.0. The third-order valence-electron chi connectivity index (χ3n) is 6.64. The zero-order chi connectivity index (χ0) is 20.1. The summed E-state index contributed by atoms with van der Waals surface area (Å²) in [6.07, 6.45) is 7.75. The third-order valence-corrected chi connectivity index (χ3v) is 6.64. The molecule has 2 fully saturated rings. The van der Waals surface area contributed by atoms with Crippen LogP contribution in [0.25, 0.3) is 0 Å². The minimum atomic E-state index is -0.295. The summed E-state index contributed by atoms with van der Waals surface area (Å²) < 4.78 is 13.0. The van der Waals surface area contributed by atoms with Crippen LogP contribution in [0.15, 0.2) is 54.6 Å². The van der Waals surface area contributed by atoms with Gasteiger partial charge >= 0.3 is 0 Å². The number of ketones is 1. The van der Waals surface area contributed by atoms with Crippen molar-refractivity contribution in [3.05, 3.63) is 66.0 Å². The number of carbonyl (C=O) groups is 1. The normalized spacial score (nSPS) is 23.1. The maximum atomic E-state index is 13.0. The number of nitrogens with zero attached hydrogens (tertiary/aromatic N) is 1. The number of halogens is 3. The molecule has 0 radical (unpaired) electrons. The first kappa shape index (κ1) is 25.6. The minimum Gasteiger partial charge on any atom is -0.382 e. The van der Waals surface area contributed by atoms with Crippen LogP contribution in [0.1, 0.15) is 55.3 Å². The molecule has 1 heterocycles. The zero-order valence-electron chi connectivity index (χ0n) is 17.8. The second-order valence-corrected chi connectivity index (χ2v) is 8.49. The highest BCUT2D eigenvalue weighted by Gasteiger charge is 2.39. The lowest BCUT2D eigenvalue weighted by Gasteiger charge is -2.48. The highest BCUT2D eigenvalue weighted by Crippen LogP contribution is 2.37. The van der Waals surface area contributed by atoms with Gasteiger partial charge in [-0.25, -0.2) is 4.39 Å². The van der Waals surface area contributed by atoms with E-state index >= 15 is 0 Å². The summed E-state index contributed by atoms with van der Waals surface area (Å²) in [5.41, 5.74) is 1.84. The Hall–Kier alpha value is -1.62. The second-order valence-electron chi connectivity index (χ2n) is 8.49. The van der Waals surface area contributed by atoms with Crippen molar-refractivity contribution in [3.8, 4) is 0 Å². The van der Waals surface area contributed by atoms with E-state index in [-0.39, 0.29) is 36.4 Å². The van der Waals surface area contributed by atoms with Crippen LogP contribution in [0.3, 0.4) is 0 Å². The zero-order valence-corrected chi connectivity index (χ0v) is 19.5. The lowest BCUT2D eigenvalue weighted by molar-refractivity contribution is 0.0504. The average molecular weight is 467 g/mol. The number of para-hydroxylation sites is 1. The number of fused-ring (bicyclic) bond motifs is 1. The highest BCUT2D eigenvalue weighted by molar-refractivity contribution is 5.95. The highest BCUT2D eigenvalue weighted by atomic mass is 35.5. The number of anilines is 1. The van der Waals surface area contributed by atoms with Crippen LogP contribution in [0.2, 0.25) is 0 Å². The minimum absolute atomic E-state index is 0. The Balaban J connectivity index is 0.00000171. The average Bonchev–Trinajstić information content (AvgIpc) is 2.76. The Morgan fingerprint density at radius 1 is 0.968 bits per heavy atom. The van der Waals surface area contributed by atoms with E-state index in [1.807, 2.05) is 0 Å². The number of likely N-dealkylation sites (tertiary alicyclic amines) is 1. The van der Waals surface area contributed by atoms with Crippen molar-refractivity contribution < 1.29 is 9.18 Å². The van der Waals surface area contributed by atoms with Gasteiger partial charge in [-0.1, -0.05) is 31.0 Å². The fourth-order valence-corrected chi connectivity index (χ4v) is 5.18. The molecule has 2 aromatic carbocycles. The Kier molecular flexibility index (Phi) is 10.3. The van der Waals surface area contributed by atoms with E-state index in [2.05, 4.69) is 40.5 Å². The number of piperidine rings is 1. The van der Waals surface area contributed by atoms with Gasteiger partial charge in [-0.15, -0.1) is 24.8 Å². The SMILES string of the molecule is Cl.Cl.O=C(CCCN1CC[C@H](Nc2ccccc2)[C@@H]2CCCCC21)c1ccc(F)cc1. The van der Waals surface area contributed by atoms with Crippen LogP contribution in [0.5, 0.6) is 0 Å².